The lowest BCUT2D eigenvalue weighted by Crippen LogP contribution is -2.28. The van der Waals surface area contributed by atoms with Gasteiger partial charge in [-0.3, -0.25) is 9.59 Å². The van der Waals surface area contributed by atoms with Crippen molar-refractivity contribution in [3.8, 4) is 0 Å². The van der Waals surface area contributed by atoms with Crippen LogP contribution in [0.15, 0.2) is 52.3 Å². The Morgan fingerprint density at radius 3 is 2.68 bits per heavy atom. The molecule has 2 aromatic rings. The zero-order valence-corrected chi connectivity index (χ0v) is 17.6. The summed E-state index contributed by atoms with van der Waals surface area (Å²) in [7, 11) is -2.02. The SMILES string of the molecule is Cc1cccc(N(C)C(=O)CCS(=O)(=O)c2ccc3c(c2)NC(=O)[C@@H](C)S3)c1. The molecule has 0 aliphatic carbocycles. The van der Waals surface area contributed by atoms with Crippen LogP contribution in [0.25, 0.3) is 0 Å². The van der Waals surface area contributed by atoms with Crippen molar-refractivity contribution in [2.75, 3.05) is 23.0 Å². The van der Waals surface area contributed by atoms with Crippen molar-refractivity contribution in [1.29, 1.82) is 0 Å². The van der Waals surface area contributed by atoms with E-state index in [9.17, 15) is 18.0 Å². The highest BCUT2D eigenvalue weighted by Crippen LogP contribution is 2.36. The monoisotopic (exact) mass is 418 g/mol. The maximum absolute atomic E-state index is 12.7. The van der Waals surface area contributed by atoms with Crippen LogP contribution in [-0.4, -0.2) is 38.3 Å². The van der Waals surface area contributed by atoms with Gasteiger partial charge in [0.25, 0.3) is 0 Å². The number of nitrogens with zero attached hydrogens (tertiary/aromatic N) is 1. The van der Waals surface area contributed by atoms with Gasteiger partial charge in [0.1, 0.15) is 0 Å². The minimum atomic E-state index is -3.65. The van der Waals surface area contributed by atoms with Crippen molar-refractivity contribution in [1.82, 2.24) is 0 Å². The molecule has 8 heteroatoms. The predicted molar refractivity (Wildman–Crippen MR) is 112 cm³/mol. The molecule has 0 bridgehead atoms. The molecule has 0 unspecified atom stereocenters. The van der Waals surface area contributed by atoms with E-state index in [-0.39, 0.29) is 34.1 Å². The number of hydrogen-bond donors (Lipinski definition) is 1. The number of carbonyl (C=O) groups excluding carboxylic acids is 2. The number of amides is 2. The average molecular weight is 419 g/mol. The second-order valence-corrected chi connectivity index (χ2v) is 10.3. The van der Waals surface area contributed by atoms with Crippen LogP contribution in [0.2, 0.25) is 0 Å². The summed E-state index contributed by atoms with van der Waals surface area (Å²) in [5.74, 6) is -0.718. The molecule has 0 fully saturated rings. The molecule has 0 aromatic heterocycles. The average Bonchev–Trinajstić information content (AvgIpc) is 2.66. The van der Waals surface area contributed by atoms with Gasteiger partial charge in [-0.05, 0) is 49.7 Å². The van der Waals surface area contributed by atoms with Gasteiger partial charge in [0.15, 0.2) is 9.84 Å². The minimum absolute atomic E-state index is 0.104. The molecule has 2 amide bonds. The highest BCUT2D eigenvalue weighted by atomic mass is 32.2. The highest BCUT2D eigenvalue weighted by molar-refractivity contribution is 8.01. The molecule has 2 aromatic carbocycles. The van der Waals surface area contributed by atoms with Gasteiger partial charge in [-0.25, -0.2) is 8.42 Å². The minimum Gasteiger partial charge on any atom is -0.324 e. The molecule has 1 heterocycles. The number of sulfone groups is 1. The Morgan fingerprint density at radius 2 is 1.96 bits per heavy atom. The smallest absolute Gasteiger partial charge is 0.237 e. The molecule has 1 N–H and O–H groups in total. The fraction of sp³-hybridized carbons (Fsp3) is 0.300. The zero-order chi connectivity index (χ0) is 20.5. The molecule has 3 rings (SSSR count). The van der Waals surface area contributed by atoms with E-state index >= 15 is 0 Å². The number of thioether (sulfide) groups is 1. The van der Waals surface area contributed by atoms with E-state index < -0.39 is 9.84 Å². The van der Waals surface area contributed by atoms with E-state index in [4.69, 9.17) is 0 Å². The topological polar surface area (TPSA) is 83.6 Å². The van der Waals surface area contributed by atoms with Gasteiger partial charge in [0, 0.05) is 24.1 Å². The van der Waals surface area contributed by atoms with Gasteiger partial charge in [0.2, 0.25) is 11.8 Å². The maximum Gasteiger partial charge on any atom is 0.237 e. The first kappa shape index (κ1) is 20.4. The van der Waals surface area contributed by atoms with Crippen molar-refractivity contribution >= 4 is 44.8 Å². The van der Waals surface area contributed by atoms with Crippen molar-refractivity contribution < 1.29 is 18.0 Å². The van der Waals surface area contributed by atoms with Gasteiger partial charge in [-0.2, -0.15) is 0 Å². The first-order chi connectivity index (χ1) is 13.2. The summed E-state index contributed by atoms with van der Waals surface area (Å²) in [5.41, 5.74) is 2.25. The van der Waals surface area contributed by atoms with E-state index in [0.717, 1.165) is 16.1 Å². The Morgan fingerprint density at radius 1 is 1.21 bits per heavy atom. The molecule has 28 heavy (non-hydrogen) atoms. The second-order valence-electron chi connectivity index (χ2n) is 6.77. The highest BCUT2D eigenvalue weighted by Gasteiger charge is 2.25. The van der Waals surface area contributed by atoms with Crippen LogP contribution in [0.3, 0.4) is 0 Å². The van der Waals surface area contributed by atoms with Crippen LogP contribution >= 0.6 is 11.8 Å². The Balaban J connectivity index is 1.71. The lowest BCUT2D eigenvalue weighted by atomic mass is 10.2. The Bertz CT molecular complexity index is 1030. The number of anilines is 2. The zero-order valence-electron chi connectivity index (χ0n) is 15.9. The molecule has 0 saturated heterocycles. The number of fused-ring (bicyclic) bond motifs is 1. The third kappa shape index (κ3) is 4.39. The van der Waals surface area contributed by atoms with Gasteiger partial charge in [0.05, 0.1) is 21.6 Å². The van der Waals surface area contributed by atoms with Crippen molar-refractivity contribution in [2.45, 2.75) is 35.3 Å². The summed E-state index contributed by atoms with van der Waals surface area (Å²) in [5, 5.41) is 2.51. The molecule has 0 spiro atoms. The lowest BCUT2D eigenvalue weighted by molar-refractivity contribution is -0.118. The van der Waals surface area contributed by atoms with E-state index in [0.29, 0.717) is 5.69 Å². The fourth-order valence-electron chi connectivity index (χ4n) is 2.87. The summed E-state index contributed by atoms with van der Waals surface area (Å²) in [6.07, 6.45) is -0.123. The van der Waals surface area contributed by atoms with Gasteiger partial charge < -0.3 is 10.2 Å². The first-order valence-corrected chi connectivity index (χ1v) is 11.4. The number of hydrogen-bond acceptors (Lipinski definition) is 5. The normalized spacial score (nSPS) is 16.2. The van der Waals surface area contributed by atoms with Crippen LogP contribution < -0.4 is 10.2 Å². The van der Waals surface area contributed by atoms with Crippen molar-refractivity contribution in [3.63, 3.8) is 0 Å². The number of carbonyl (C=O) groups is 2. The third-order valence-corrected chi connectivity index (χ3v) is 7.48. The van der Waals surface area contributed by atoms with E-state index in [2.05, 4.69) is 5.32 Å². The summed E-state index contributed by atoms with van der Waals surface area (Å²) in [6, 6.07) is 12.2. The van der Waals surface area contributed by atoms with Gasteiger partial charge in [-0.15, -0.1) is 11.8 Å². The van der Waals surface area contributed by atoms with Crippen LogP contribution in [0.4, 0.5) is 11.4 Å². The van der Waals surface area contributed by atoms with Crippen LogP contribution in [0, 0.1) is 6.92 Å². The van der Waals surface area contributed by atoms with Crippen LogP contribution in [-0.2, 0) is 19.4 Å². The van der Waals surface area contributed by atoms with Crippen LogP contribution in [0.5, 0.6) is 0 Å². The second kappa shape index (κ2) is 7.97. The summed E-state index contributed by atoms with van der Waals surface area (Å²) < 4.78 is 25.4. The van der Waals surface area contributed by atoms with Crippen LogP contribution in [0.1, 0.15) is 18.9 Å². The van der Waals surface area contributed by atoms with Gasteiger partial charge in [-0.1, -0.05) is 12.1 Å². The molecular formula is C20H22N2O4S2. The summed E-state index contributed by atoms with van der Waals surface area (Å²) in [4.78, 5) is 26.7. The maximum atomic E-state index is 12.7. The first-order valence-electron chi connectivity index (χ1n) is 8.85. The molecule has 0 saturated carbocycles. The number of benzene rings is 2. The summed E-state index contributed by atoms with van der Waals surface area (Å²) >= 11 is 1.39. The number of aryl methyl sites for hydroxylation is 1. The third-order valence-electron chi connectivity index (χ3n) is 4.59. The molecule has 1 atom stereocenters. The molecule has 148 valence electrons. The lowest BCUT2D eigenvalue weighted by Gasteiger charge is -2.22. The molecular weight excluding hydrogens is 396 g/mol. The van der Waals surface area contributed by atoms with Gasteiger partial charge >= 0.3 is 0 Å². The Kier molecular flexibility index (Phi) is 5.81. The van der Waals surface area contributed by atoms with E-state index in [1.54, 1.807) is 20.0 Å². The molecule has 1 aliphatic rings. The molecule has 0 radical (unpaired) electrons. The number of rotatable bonds is 5. The quantitative estimate of drug-likeness (QED) is 0.806. The fourth-order valence-corrected chi connectivity index (χ4v) is 5.05. The standard InChI is InChI=1S/C20H22N2O4S2/c1-13-5-4-6-15(11-13)22(3)19(23)9-10-28(25,26)16-7-8-18-17(12-16)21-20(24)14(2)27-18/h4-8,11-12,14H,9-10H2,1-3H3,(H,21,24)/t14-/m1/s1. The molecule has 1 aliphatic heterocycles. The predicted octanol–water partition coefficient (Wildman–Crippen LogP) is 3.25. The Hall–Kier alpha value is -2.32. The summed E-state index contributed by atoms with van der Waals surface area (Å²) in [6.45, 7) is 3.73. The van der Waals surface area contributed by atoms with E-state index in [1.165, 1.54) is 28.8 Å². The molecule has 6 nitrogen and oxygen atoms in total. The van der Waals surface area contributed by atoms with E-state index in [1.807, 2.05) is 31.2 Å². The van der Waals surface area contributed by atoms with Crippen molar-refractivity contribution in [3.05, 3.63) is 48.0 Å². The number of nitrogens with one attached hydrogen (secondary N) is 1. The van der Waals surface area contributed by atoms with Crippen molar-refractivity contribution in [2.24, 2.45) is 0 Å². The largest absolute Gasteiger partial charge is 0.324 e. The Labute approximate surface area is 169 Å².